The molecule has 0 spiro atoms. The molecular weight excluding hydrogens is 270 g/mol. The lowest BCUT2D eigenvalue weighted by Gasteiger charge is -2.06. The number of amides is 1. The van der Waals surface area contributed by atoms with Gasteiger partial charge in [-0.2, -0.15) is 11.8 Å². The van der Waals surface area contributed by atoms with Crippen molar-refractivity contribution in [2.45, 2.75) is 13.3 Å². The van der Waals surface area contributed by atoms with Gasteiger partial charge in [0.05, 0.1) is 5.75 Å². The topological polar surface area (TPSA) is 63.2 Å². The third-order valence-electron chi connectivity index (χ3n) is 2.19. The molecule has 0 unspecified atom stereocenters. The highest BCUT2D eigenvalue weighted by Crippen LogP contribution is 2.04. The van der Waals surface area contributed by atoms with Crippen molar-refractivity contribution in [3.05, 3.63) is 35.9 Å². The maximum Gasteiger partial charge on any atom is 0.264 e. The monoisotopic (exact) mass is 287 g/mol. The molecule has 0 radical (unpaired) electrons. The number of nitrogens with one attached hydrogen (secondary N) is 1. The second kappa shape index (κ2) is 7.43. The Bertz CT molecular complexity index is 471. The number of hydrogen-bond acceptors (Lipinski definition) is 4. The molecule has 0 aliphatic rings. The molecule has 0 atom stereocenters. The van der Waals surface area contributed by atoms with Gasteiger partial charge >= 0.3 is 0 Å². The van der Waals surface area contributed by atoms with Crippen molar-refractivity contribution in [3.8, 4) is 0 Å². The van der Waals surface area contributed by atoms with Gasteiger partial charge in [-0.05, 0) is 30.1 Å². The van der Waals surface area contributed by atoms with Gasteiger partial charge in [-0.1, -0.05) is 25.1 Å². The van der Waals surface area contributed by atoms with E-state index >= 15 is 0 Å². The fourth-order valence-electron chi connectivity index (χ4n) is 1.34. The van der Waals surface area contributed by atoms with Crippen LogP contribution in [0.2, 0.25) is 0 Å². The van der Waals surface area contributed by atoms with E-state index in [1.807, 2.05) is 6.92 Å². The molecule has 0 aliphatic heterocycles. The van der Waals surface area contributed by atoms with Gasteiger partial charge in [0, 0.05) is 5.56 Å². The molecule has 0 saturated carbocycles. The van der Waals surface area contributed by atoms with E-state index in [0.29, 0.717) is 12.0 Å². The minimum absolute atomic E-state index is 0.0153. The van der Waals surface area contributed by atoms with Gasteiger partial charge < -0.3 is 0 Å². The number of hydrogen-bond donors (Lipinski definition) is 1. The summed E-state index contributed by atoms with van der Waals surface area (Å²) in [7, 11) is -3.52. The SMILES string of the molecule is CCSCCCS(=O)(=O)NC(=O)c1ccccc1. The van der Waals surface area contributed by atoms with Crippen molar-refractivity contribution in [2.24, 2.45) is 0 Å². The molecule has 18 heavy (non-hydrogen) atoms. The van der Waals surface area contributed by atoms with E-state index in [1.165, 1.54) is 0 Å². The minimum Gasteiger partial charge on any atom is -0.268 e. The van der Waals surface area contributed by atoms with Crippen LogP contribution in [0.1, 0.15) is 23.7 Å². The minimum atomic E-state index is -3.52. The van der Waals surface area contributed by atoms with Crippen LogP contribution in [0.4, 0.5) is 0 Å². The number of carbonyl (C=O) groups is 1. The molecule has 1 rings (SSSR count). The average Bonchev–Trinajstić information content (AvgIpc) is 2.35. The van der Waals surface area contributed by atoms with Gasteiger partial charge in [0.2, 0.25) is 10.0 Å². The molecule has 100 valence electrons. The van der Waals surface area contributed by atoms with E-state index in [-0.39, 0.29) is 5.75 Å². The summed E-state index contributed by atoms with van der Waals surface area (Å²) in [6, 6.07) is 8.32. The standard InChI is InChI=1S/C12H17NO3S2/c1-2-17-9-6-10-18(15,16)13-12(14)11-7-4-3-5-8-11/h3-5,7-8H,2,6,9-10H2,1H3,(H,13,14). The van der Waals surface area contributed by atoms with Gasteiger partial charge in [-0.25, -0.2) is 13.1 Å². The van der Waals surface area contributed by atoms with Crippen LogP contribution in [0.15, 0.2) is 30.3 Å². The molecule has 1 aromatic carbocycles. The van der Waals surface area contributed by atoms with Gasteiger partial charge in [-0.15, -0.1) is 0 Å². The van der Waals surface area contributed by atoms with Gasteiger partial charge in [-0.3, -0.25) is 4.79 Å². The zero-order valence-corrected chi connectivity index (χ0v) is 11.9. The molecule has 1 amide bonds. The van der Waals surface area contributed by atoms with Crippen molar-refractivity contribution in [1.29, 1.82) is 0 Å². The second-order valence-electron chi connectivity index (χ2n) is 3.67. The van der Waals surface area contributed by atoms with E-state index in [2.05, 4.69) is 4.72 Å². The first-order valence-electron chi connectivity index (χ1n) is 5.73. The summed E-state index contributed by atoms with van der Waals surface area (Å²) in [5.41, 5.74) is 0.351. The van der Waals surface area contributed by atoms with Gasteiger partial charge in [0.25, 0.3) is 5.91 Å². The van der Waals surface area contributed by atoms with Crippen molar-refractivity contribution in [3.63, 3.8) is 0 Å². The van der Waals surface area contributed by atoms with E-state index in [1.54, 1.807) is 42.1 Å². The molecule has 1 N–H and O–H groups in total. The number of rotatable bonds is 7. The number of sulfonamides is 1. The van der Waals surface area contributed by atoms with Crippen molar-refractivity contribution < 1.29 is 13.2 Å². The lowest BCUT2D eigenvalue weighted by atomic mass is 10.2. The molecule has 0 saturated heterocycles. The molecule has 0 aromatic heterocycles. The number of thioether (sulfide) groups is 1. The lowest BCUT2D eigenvalue weighted by molar-refractivity contribution is 0.0981. The highest BCUT2D eigenvalue weighted by Gasteiger charge is 2.15. The smallest absolute Gasteiger partial charge is 0.264 e. The summed E-state index contributed by atoms with van der Waals surface area (Å²) in [6.45, 7) is 2.02. The zero-order valence-electron chi connectivity index (χ0n) is 10.3. The fourth-order valence-corrected chi connectivity index (χ4v) is 3.18. The third-order valence-corrected chi connectivity index (χ3v) is 4.50. The molecule has 0 fully saturated rings. The van der Waals surface area contributed by atoms with Crippen LogP contribution in [0.5, 0.6) is 0 Å². The van der Waals surface area contributed by atoms with Gasteiger partial charge in [0.1, 0.15) is 0 Å². The van der Waals surface area contributed by atoms with Crippen LogP contribution in [-0.4, -0.2) is 31.6 Å². The Labute approximate surface area is 112 Å². The van der Waals surface area contributed by atoms with E-state index in [0.717, 1.165) is 11.5 Å². The lowest BCUT2D eigenvalue weighted by Crippen LogP contribution is -2.32. The Balaban J connectivity index is 2.48. The molecular formula is C12H17NO3S2. The quantitative estimate of drug-likeness (QED) is 0.778. The highest BCUT2D eigenvalue weighted by molar-refractivity contribution is 7.99. The van der Waals surface area contributed by atoms with Crippen LogP contribution in [-0.2, 0) is 10.0 Å². The summed E-state index contributed by atoms with van der Waals surface area (Å²) in [4.78, 5) is 11.7. The average molecular weight is 287 g/mol. The first-order valence-corrected chi connectivity index (χ1v) is 8.53. The molecule has 0 heterocycles. The Kier molecular flexibility index (Phi) is 6.21. The maximum atomic E-state index is 11.7. The van der Waals surface area contributed by atoms with E-state index in [4.69, 9.17) is 0 Å². The summed E-state index contributed by atoms with van der Waals surface area (Å²) in [5, 5.41) is 0. The van der Waals surface area contributed by atoms with Crippen LogP contribution in [0.25, 0.3) is 0 Å². The van der Waals surface area contributed by atoms with E-state index in [9.17, 15) is 13.2 Å². The number of carbonyl (C=O) groups excluding carboxylic acids is 1. The predicted octanol–water partition coefficient (Wildman–Crippen LogP) is 1.89. The van der Waals surface area contributed by atoms with Crippen molar-refractivity contribution in [2.75, 3.05) is 17.3 Å². The normalized spacial score (nSPS) is 11.2. The molecule has 0 aliphatic carbocycles. The van der Waals surface area contributed by atoms with E-state index < -0.39 is 15.9 Å². The van der Waals surface area contributed by atoms with Crippen LogP contribution in [0, 0.1) is 0 Å². The Morgan fingerprint density at radius 3 is 2.56 bits per heavy atom. The Hall–Kier alpha value is -1.01. The second-order valence-corrected chi connectivity index (χ2v) is 6.90. The number of benzene rings is 1. The molecule has 1 aromatic rings. The predicted molar refractivity (Wildman–Crippen MR) is 75.3 cm³/mol. The third kappa shape index (κ3) is 5.55. The zero-order chi connectivity index (χ0) is 13.4. The fraction of sp³-hybridized carbons (Fsp3) is 0.417. The summed E-state index contributed by atoms with van der Waals surface area (Å²) >= 11 is 1.69. The molecule has 0 bridgehead atoms. The van der Waals surface area contributed by atoms with Crippen LogP contribution >= 0.6 is 11.8 Å². The van der Waals surface area contributed by atoms with Crippen LogP contribution in [0.3, 0.4) is 0 Å². The summed E-state index contributed by atoms with van der Waals surface area (Å²) < 4.78 is 25.3. The first kappa shape index (κ1) is 15.0. The van der Waals surface area contributed by atoms with Crippen molar-refractivity contribution >= 4 is 27.7 Å². The molecule has 6 heteroatoms. The first-order chi connectivity index (χ1) is 8.55. The molecule has 4 nitrogen and oxygen atoms in total. The Morgan fingerprint density at radius 1 is 1.28 bits per heavy atom. The van der Waals surface area contributed by atoms with Crippen LogP contribution < -0.4 is 4.72 Å². The highest BCUT2D eigenvalue weighted by atomic mass is 32.2. The van der Waals surface area contributed by atoms with Gasteiger partial charge in [0.15, 0.2) is 0 Å². The summed E-state index contributed by atoms with van der Waals surface area (Å²) in [6.07, 6.45) is 0.551. The Morgan fingerprint density at radius 2 is 1.94 bits per heavy atom. The summed E-state index contributed by atoms with van der Waals surface area (Å²) in [5.74, 6) is 1.17. The maximum absolute atomic E-state index is 11.7. The largest absolute Gasteiger partial charge is 0.268 e. The van der Waals surface area contributed by atoms with Crippen molar-refractivity contribution in [1.82, 2.24) is 4.72 Å².